The maximum atomic E-state index is 10.6. The Morgan fingerprint density at radius 2 is 1.88 bits per heavy atom. The molecule has 1 atom stereocenters. The number of aliphatic carboxylic acids is 2. The molecule has 0 aromatic carbocycles. The molecule has 0 aliphatic carbocycles. The molecule has 0 aromatic rings. The van der Waals surface area contributed by atoms with Crippen LogP contribution in [0.25, 0.3) is 0 Å². The second-order valence-electron chi connectivity index (χ2n) is 3.56. The van der Waals surface area contributed by atoms with E-state index in [0.29, 0.717) is 6.54 Å². The number of hydrogen-bond donors (Lipinski definition) is 3. The average molecular weight is 245 g/mol. The topological polar surface area (TPSA) is 86.6 Å². The van der Waals surface area contributed by atoms with Crippen LogP contribution in [0.15, 0.2) is 12.7 Å². The van der Waals surface area contributed by atoms with Gasteiger partial charge in [0.25, 0.3) is 0 Å². The van der Waals surface area contributed by atoms with Gasteiger partial charge in [-0.15, -0.1) is 6.58 Å². The fourth-order valence-corrected chi connectivity index (χ4v) is 1.07. The number of allylic oxidation sites excluding steroid dienone is 1. The third-order valence-electron chi connectivity index (χ3n) is 1.85. The molecule has 0 saturated carbocycles. The van der Waals surface area contributed by atoms with E-state index in [1.165, 1.54) is 0 Å². The molecule has 5 heteroatoms. The van der Waals surface area contributed by atoms with Crippen molar-refractivity contribution >= 4 is 11.9 Å². The Balaban J connectivity index is 0. The summed E-state index contributed by atoms with van der Waals surface area (Å²) in [6.07, 6.45) is 4.33. The maximum Gasteiger partial charge on any atom is 0.321 e. The number of carboxylic acids is 2. The zero-order chi connectivity index (χ0) is 13.7. The summed E-state index contributed by atoms with van der Waals surface area (Å²) < 4.78 is 0. The highest BCUT2D eigenvalue weighted by Gasteiger charge is 2.19. The number of unbranched alkanes of at least 4 members (excludes halogenated alkanes) is 2. The lowest BCUT2D eigenvalue weighted by Gasteiger charge is -2.11. The second kappa shape index (κ2) is 12.7. The largest absolute Gasteiger partial charge is 0.481 e. The molecule has 0 fully saturated rings. The summed E-state index contributed by atoms with van der Waals surface area (Å²) in [5.74, 6) is -2.20. The summed E-state index contributed by atoms with van der Waals surface area (Å²) in [5, 5.41) is 19.8. The molecule has 5 nitrogen and oxygen atoms in total. The molecule has 0 aliphatic rings. The van der Waals surface area contributed by atoms with Crippen LogP contribution in [0.1, 0.15) is 39.5 Å². The van der Waals surface area contributed by atoms with Crippen molar-refractivity contribution in [2.24, 2.45) is 0 Å². The van der Waals surface area contributed by atoms with Gasteiger partial charge in [-0.1, -0.05) is 25.8 Å². The first-order valence-electron chi connectivity index (χ1n) is 5.74. The van der Waals surface area contributed by atoms with Gasteiger partial charge in [0, 0.05) is 0 Å². The fraction of sp³-hybridized carbons (Fsp3) is 0.667. The Morgan fingerprint density at radius 3 is 2.24 bits per heavy atom. The molecule has 0 rings (SSSR count). The van der Waals surface area contributed by atoms with Gasteiger partial charge in [0.1, 0.15) is 6.04 Å². The molecule has 0 saturated heterocycles. The van der Waals surface area contributed by atoms with Crippen LogP contribution >= 0.6 is 0 Å². The summed E-state index contributed by atoms with van der Waals surface area (Å²) >= 11 is 0. The Hall–Kier alpha value is -1.36. The molecular weight excluding hydrogens is 222 g/mol. The van der Waals surface area contributed by atoms with Crippen molar-refractivity contribution in [2.75, 3.05) is 6.54 Å². The third kappa shape index (κ3) is 14.6. The van der Waals surface area contributed by atoms with Crippen LogP contribution in [0.2, 0.25) is 0 Å². The van der Waals surface area contributed by atoms with Gasteiger partial charge in [0.15, 0.2) is 0 Å². The van der Waals surface area contributed by atoms with Gasteiger partial charge >= 0.3 is 11.9 Å². The van der Waals surface area contributed by atoms with Gasteiger partial charge < -0.3 is 15.5 Å². The molecule has 0 radical (unpaired) electrons. The predicted octanol–water partition coefficient (Wildman–Crippen LogP) is 1.89. The first-order valence-corrected chi connectivity index (χ1v) is 5.74. The minimum Gasteiger partial charge on any atom is -0.481 e. The van der Waals surface area contributed by atoms with Crippen LogP contribution in [0.4, 0.5) is 0 Å². The monoisotopic (exact) mass is 245 g/mol. The van der Waals surface area contributed by atoms with E-state index < -0.39 is 18.0 Å². The molecule has 100 valence electrons. The summed E-state index contributed by atoms with van der Waals surface area (Å²) in [5.41, 5.74) is 0. The lowest BCUT2D eigenvalue weighted by Crippen LogP contribution is -2.39. The summed E-state index contributed by atoms with van der Waals surface area (Å²) in [6, 6.07) is -0.968. The predicted molar refractivity (Wildman–Crippen MR) is 67.1 cm³/mol. The number of hydrogen-bond acceptors (Lipinski definition) is 3. The van der Waals surface area contributed by atoms with E-state index in [9.17, 15) is 9.59 Å². The molecule has 0 bridgehead atoms. The van der Waals surface area contributed by atoms with Crippen molar-refractivity contribution < 1.29 is 19.8 Å². The zero-order valence-corrected chi connectivity index (χ0v) is 10.6. The van der Waals surface area contributed by atoms with E-state index >= 15 is 0 Å². The first kappa shape index (κ1) is 18.0. The lowest BCUT2D eigenvalue weighted by molar-refractivity contribution is -0.145. The van der Waals surface area contributed by atoms with Crippen molar-refractivity contribution in [1.29, 1.82) is 0 Å². The van der Waals surface area contributed by atoms with Gasteiger partial charge in [-0.25, -0.2) is 0 Å². The molecule has 3 N–H and O–H groups in total. The zero-order valence-electron chi connectivity index (χ0n) is 10.6. The molecule has 0 aromatic heterocycles. The number of carbonyl (C=O) groups is 2. The lowest BCUT2D eigenvalue weighted by atomic mass is 10.2. The van der Waals surface area contributed by atoms with E-state index in [-0.39, 0.29) is 6.42 Å². The number of carboxylic acid groups (broad SMARTS) is 2. The van der Waals surface area contributed by atoms with Crippen molar-refractivity contribution in [2.45, 2.75) is 45.6 Å². The van der Waals surface area contributed by atoms with Crippen molar-refractivity contribution in [3.8, 4) is 0 Å². The van der Waals surface area contributed by atoms with Crippen LogP contribution in [0.5, 0.6) is 0 Å². The van der Waals surface area contributed by atoms with Crippen LogP contribution in [-0.2, 0) is 9.59 Å². The standard InChI is InChI=1S/C9H17NO4.C3H6/c1-2-3-4-5-10-7(9(13)14)6-8(11)12;1-3-2/h7,10H,2-6H2,1H3,(H,11,12)(H,13,14);3H,1H2,2H3. The number of rotatable bonds is 8. The normalized spacial score (nSPS) is 10.9. The molecule has 1 unspecified atom stereocenters. The summed E-state index contributed by atoms with van der Waals surface area (Å²) in [4.78, 5) is 20.9. The van der Waals surface area contributed by atoms with Gasteiger partial charge in [0.05, 0.1) is 6.42 Å². The van der Waals surface area contributed by atoms with Gasteiger partial charge in [-0.3, -0.25) is 9.59 Å². The number of nitrogens with one attached hydrogen (secondary N) is 1. The Morgan fingerprint density at radius 1 is 1.35 bits per heavy atom. The summed E-state index contributed by atoms with van der Waals surface area (Å²) in [7, 11) is 0. The Bertz CT molecular complexity index is 229. The SMILES string of the molecule is C=CC.CCCCCNC(CC(=O)O)C(=O)O. The first-order chi connectivity index (χ1) is 7.99. The van der Waals surface area contributed by atoms with Crippen LogP contribution in [-0.4, -0.2) is 34.7 Å². The van der Waals surface area contributed by atoms with Crippen molar-refractivity contribution in [1.82, 2.24) is 5.32 Å². The molecular formula is C12H23NO4. The molecule has 0 heterocycles. The van der Waals surface area contributed by atoms with Crippen LogP contribution < -0.4 is 5.32 Å². The van der Waals surface area contributed by atoms with E-state index in [2.05, 4.69) is 11.9 Å². The van der Waals surface area contributed by atoms with E-state index in [4.69, 9.17) is 10.2 Å². The highest BCUT2D eigenvalue weighted by molar-refractivity contribution is 5.80. The quantitative estimate of drug-likeness (QED) is 0.449. The average Bonchev–Trinajstić information content (AvgIpc) is 2.23. The highest BCUT2D eigenvalue weighted by Crippen LogP contribution is 1.96. The smallest absolute Gasteiger partial charge is 0.321 e. The van der Waals surface area contributed by atoms with Gasteiger partial charge in [-0.05, 0) is 19.9 Å². The van der Waals surface area contributed by atoms with E-state index in [1.54, 1.807) is 6.08 Å². The molecule has 0 aliphatic heterocycles. The van der Waals surface area contributed by atoms with E-state index in [0.717, 1.165) is 19.3 Å². The van der Waals surface area contributed by atoms with Crippen molar-refractivity contribution in [3.63, 3.8) is 0 Å². The van der Waals surface area contributed by atoms with Gasteiger partial charge in [0.2, 0.25) is 0 Å². The molecule has 17 heavy (non-hydrogen) atoms. The van der Waals surface area contributed by atoms with Crippen LogP contribution in [0.3, 0.4) is 0 Å². The second-order valence-corrected chi connectivity index (χ2v) is 3.56. The molecule has 0 spiro atoms. The van der Waals surface area contributed by atoms with Gasteiger partial charge in [-0.2, -0.15) is 0 Å². The minimum absolute atomic E-state index is 0.374. The Kier molecular flexibility index (Phi) is 13.5. The van der Waals surface area contributed by atoms with Crippen LogP contribution in [0, 0.1) is 0 Å². The molecule has 0 amide bonds. The maximum absolute atomic E-state index is 10.6. The van der Waals surface area contributed by atoms with Crippen molar-refractivity contribution in [3.05, 3.63) is 12.7 Å². The third-order valence-corrected chi connectivity index (χ3v) is 1.85. The summed E-state index contributed by atoms with van der Waals surface area (Å²) in [6.45, 7) is 7.85. The minimum atomic E-state index is -1.11. The highest BCUT2D eigenvalue weighted by atomic mass is 16.4. The van der Waals surface area contributed by atoms with E-state index in [1.807, 2.05) is 13.8 Å². The Labute approximate surface area is 103 Å². The fourth-order valence-electron chi connectivity index (χ4n) is 1.07.